The van der Waals surface area contributed by atoms with E-state index in [9.17, 15) is 9.59 Å². The van der Waals surface area contributed by atoms with Crippen LogP contribution < -0.4 is 10.6 Å². The van der Waals surface area contributed by atoms with Gasteiger partial charge in [0.25, 0.3) is 5.91 Å². The summed E-state index contributed by atoms with van der Waals surface area (Å²) >= 11 is 2.52. The number of carbonyl (C=O) groups is 2. The molecule has 156 valence electrons. The van der Waals surface area contributed by atoms with Crippen LogP contribution in [-0.4, -0.2) is 27.8 Å². The maximum Gasteiger partial charge on any atom is 0.257 e. The fraction of sp³-hybridized carbons (Fsp3) is 0.130. The van der Waals surface area contributed by atoms with Gasteiger partial charge >= 0.3 is 0 Å². The molecule has 0 atom stereocenters. The molecule has 31 heavy (non-hydrogen) atoms. The van der Waals surface area contributed by atoms with E-state index in [2.05, 4.69) is 27.8 Å². The van der Waals surface area contributed by atoms with E-state index in [1.165, 1.54) is 28.7 Å². The van der Waals surface area contributed by atoms with Crippen molar-refractivity contribution in [3.8, 4) is 0 Å². The number of benzene rings is 3. The SMILES string of the molecule is CCc1ccc(NC(=O)CSc2nnc(NC(=O)c3ccc4ccccc4c3)s2)cc1. The fourth-order valence-corrected chi connectivity index (χ4v) is 4.51. The first-order chi connectivity index (χ1) is 15.1. The number of nitrogens with one attached hydrogen (secondary N) is 2. The van der Waals surface area contributed by atoms with E-state index in [0.29, 0.717) is 15.0 Å². The van der Waals surface area contributed by atoms with Crippen LogP contribution in [0.2, 0.25) is 0 Å². The number of fused-ring (bicyclic) bond motifs is 1. The van der Waals surface area contributed by atoms with Crippen LogP contribution in [0.25, 0.3) is 10.8 Å². The van der Waals surface area contributed by atoms with Crippen molar-refractivity contribution in [3.63, 3.8) is 0 Å². The van der Waals surface area contributed by atoms with Crippen LogP contribution in [-0.2, 0) is 11.2 Å². The number of thioether (sulfide) groups is 1. The molecule has 3 aromatic carbocycles. The van der Waals surface area contributed by atoms with E-state index in [0.717, 1.165) is 22.9 Å². The molecule has 0 radical (unpaired) electrons. The van der Waals surface area contributed by atoms with Crippen LogP contribution >= 0.6 is 23.1 Å². The summed E-state index contributed by atoms with van der Waals surface area (Å²) in [4.78, 5) is 24.7. The van der Waals surface area contributed by atoms with Crippen LogP contribution in [0.15, 0.2) is 71.1 Å². The standard InChI is InChI=1S/C23H20N4O2S2/c1-2-15-7-11-19(12-8-15)24-20(28)14-30-23-27-26-22(31-23)25-21(29)18-10-9-16-5-3-4-6-17(16)13-18/h3-13H,2,14H2,1H3,(H,24,28)(H,25,26,29). The molecule has 0 spiro atoms. The Labute approximate surface area is 188 Å². The van der Waals surface area contributed by atoms with Gasteiger partial charge in [-0.05, 0) is 47.0 Å². The number of hydrogen-bond donors (Lipinski definition) is 2. The van der Waals surface area contributed by atoms with Crippen LogP contribution in [0.4, 0.5) is 10.8 Å². The summed E-state index contributed by atoms with van der Waals surface area (Å²) in [7, 11) is 0. The lowest BCUT2D eigenvalue weighted by molar-refractivity contribution is -0.113. The average Bonchev–Trinajstić information content (AvgIpc) is 3.25. The van der Waals surface area contributed by atoms with Crippen LogP contribution in [0.3, 0.4) is 0 Å². The summed E-state index contributed by atoms with van der Waals surface area (Å²) in [5.74, 6) is -0.152. The van der Waals surface area contributed by atoms with Crippen LogP contribution in [0.5, 0.6) is 0 Å². The largest absolute Gasteiger partial charge is 0.325 e. The van der Waals surface area contributed by atoms with E-state index in [-0.39, 0.29) is 17.6 Å². The summed E-state index contributed by atoms with van der Waals surface area (Å²) in [6, 6.07) is 21.2. The summed E-state index contributed by atoms with van der Waals surface area (Å²) < 4.78 is 0.616. The third kappa shape index (κ3) is 5.48. The molecule has 0 saturated heterocycles. The highest BCUT2D eigenvalue weighted by molar-refractivity contribution is 8.01. The van der Waals surface area contributed by atoms with Crippen molar-refractivity contribution >= 4 is 56.5 Å². The van der Waals surface area contributed by atoms with E-state index >= 15 is 0 Å². The van der Waals surface area contributed by atoms with Crippen molar-refractivity contribution in [2.24, 2.45) is 0 Å². The maximum atomic E-state index is 12.5. The van der Waals surface area contributed by atoms with E-state index in [4.69, 9.17) is 0 Å². The first-order valence-electron chi connectivity index (χ1n) is 9.76. The fourth-order valence-electron chi connectivity index (χ4n) is 2.97. The van der Waals surface area contributed by atoms with Crippen molar-refractivity contribution in [2.45, 2.75) is 17.7 Å². The van der Waals surface area contributed by atoms with Gasteiger partial charge in [-0.1, -0.05) is 72.5 Å². The van der Waals surface area contributed by atoms with Crippen molar-refractivity contribution in [3.05, 3.63) is 77.9 Å². The van der Waals surface area contributed by atoms with Gasteiger partial charge in [-0.2, -0.15) is 0 Å². The van der Waals surface area contributed by atoms with Gasteiger partial charge in [-0.3, -0.25) is 14.9 Å². The molecular formula is C23H20N4O2S2. The van der Waals surface area contributed by atoms with Crippen LogP contribution in [0.1, 0.15) is 22.8 Å². The topological polar surface area (TPSA) is 84.0 Å². The zero-order valence-corrected chi connectivity index (χ0v) is 18.4. The highest BCUT2D eigenvalue weighted by Crippen LogP contribution is 2.26. The number of rotatable bonds is 7. The highest BCUT2D eigenvalue weighted by Gasteiger charge is 2.12. The Balaban J connectivity index is 1.31. The number of anilines is 2. The van der Waals surface area contributed by atoms with Gasteiger partial charge in [-0.25, -0.2) is 0 Å². The number of aryl methyl sites for hydroxylation is 1. The summed E-state index contributed by atoms with van der Waals surface area (Å²) in [5.41, 5.74) is 2.54. The number of aromatic nitrogens is 2. The lowest BCUT2D eigenvalue weighted by Crippen LogP contribution is -2.13. The Morgan fingerprint density at radius 1 is 0.935 bits per heavy atom. The monoisotopic (exact) mass is 448 g/mol. The maximum absolute atomic E-state index is 12.5. The molecule has 1 heterocycles. The Morgan fingerprint density at radius 2 is 1.71 bits per heavy atom. The third-order valence-corrected chi connectivity index (χ3v) is 6.58. The summed E-state index contributed by atoms with van der Waals surface area (Å²) in [6.07, 6.45) is 0.959. The van der Waals surface area contributed by atoms with Gasteiger partial charge in [0.1, 0.15) is 0 Å². The van der Waals surface area contributed by atoms with Gasteiger partial charge in [0.2, 0.25) is 11.0 Å². The first kappa shape index (κ1) is 21.0. The molecule has 4 rings (SSSR count). The summed E-state index contributed by atoms with van der Waals surface area (Å²) in [6.45, 7) is 2.09. The Kier molecular flexibility index (Phi) is 6.59. The predicted octanol–water partition coefficient (Wildman–Crippen LogP) is 5.24. The molecule has 0 fully saturated rings. The lowest BCUT2D eigenvalue weighted by atomic mass is 10.1. The molecule has 0 saturated carbocycles. The van der Waals surface area contributed by atoms with E-state index in [1.54, 1.807) is 6.07 Å². The second kappa shape index (κ2) is 9.72. The van der Waals surface area contributed by atoms with Crippen molar-refractivity contribution in [2.75, 3.05) is 16.4 Å². The van der Waals surface area contributed by atoms with Gasteiger partial charge < -0.3 is 5.32 Å². The van der Waals surface area contributed by atoms with Gasteiger partial charge in [0.15, 0.2) is 4.34 Å². The third-order valence-electron chi connectivity index (χ3n) is 4.61. The minimum atomic E-state index is -0.244. The lowest BCUT2D eigenvalue weighted by Gasteiger charge is -2.05. The molecule has 8 heteroatoms. The molecule has 0 aliphatic carbocycles. The molecule has 0 unspecified atom stereocenters. The predicted molar refractivity (Wildman–Crippen MR) is 127 cm³/mol. The first-order valence-corrected chi connectivity index (χ1v) is 11.6. The Morgan fingerprint density at radius 3 is 2.48 bits per heavy atom. The molecular weight excluding hydrogens is 428 g/mol. The normalized spacial score (nSPS) is 10.7. The second-order valence-electron chi connectivity index (χ2n) is 6.78. The smallest absolute Gasteiger partial charge is 0.257 e. The zero-order valence-electron chi connectivity index (χ0n) is 16.8. The van der Waals surface area contributed by atoms with Gasteiger partial charge in [-0.15, -0.1) is 10.2 Å². The van der Waals surface area contributed by atoms with Gasteiger partial charge in [0.05, 0.1) is 5.75 Å². The van der Waals surface area contributed by atoms with Gasteiger partial charge in [0, 0.05) is 11.3 Å². The minimum absolute atomic E-state index is 0.119. The molecule has 0 aliphatic rings. The molecule has 0 aliphatic heterocycles. The molecule has 1 aromatic heterocycles. The second-order valence-corrected chi connectivity index (χ2v) is 8.98. The summed E-state index contributed by atoms with van der Waals surface area (Å²) in [5, 5.41) is 16.2. The number of nitrogens with zero attached hydrogens (tertiary/aromatic N) is 2. The minimum Gasteiger partial charge on any atom is -0.325 e. The van der Waals surface area contributed by atoms with Crippen molar-refractivity contribution < 1.29 is 9.59 Å². The molecule has 4 aromatic rings. The molecule has 6 nitrogen and oxygen atoms in total. The molecule has 2 N–H and O–H groups in total. The zero-order chi connectivity index (χ0) is 21.6. The number of hydrogen-bond acceptors (Lipinski definition) is 6. The number of carbonyl (C=O) groups excluding carboxylic acids is 2. The Hall–Kier alpha value is -3.23. The van der Waals surface area contributed by atoms with Crippen molar-refractivity contribution in [1.29, 1.82) is 0 Å². The Bertz CT molecular complexity index is 1220. The number of amides is 2. The van der Waals surface area contributed by atoms with E-state index < -0.39 is 0 Å². The quantitative estimate of drug-likeness (QED) is 0.298. The van der Waals surface area contributed by atoms with Crippen LogP contribution in [0, 0.1) is 0 Å². The van der Waals surface area contributed by atoms with Crippen molar-refractivity contribution in [1.82, 2.24) is 10.2 Å². The molecule has 0 bridgehead atoms. The molecule has 2 amide bonds. The van der Waals surface area contributed by atoms with E-state index in [1.807, 2.05) is 60.7 Å². The average molecular weight is 449 g/mol. The highest BCUT2D eigenvalue weighted by atomic mass is 32.2.